The van der Waals surface area contributed by atoms with Gasteiger partial charge in [0.25, 0.3) is 0 Å². The molecule has 0 aromatic rings. The van der Waals surface area contributed by atoms with Gasteiger partial charge in [0, 0.05) is 0 Å². The zero-order valence-electron chi connectivity index (χ0n) is 10.1. The number of ether oxygens (including phenoxy) is 3. The standard InChI is InChI=1S/C11H19NO4/c1-11(2,3)16-10(13)12-8-4-14-6-9(12)7-15-5-8/h8-9H,4-7H2,1-3H3. The molecule has 92 valence electrons. The number of carbonyl (C=O) groups is 1. The molecular formula is C11H19NO4. The van der Waals surface area contributed by atoms with Crippen LogP contribution in [0.5, 0.6) is 0 Å². The van der Waals surface area contributed by atoms with Crippen LogP contribution in [0.1, 0.15) is 20.8 Å². The Morgan fingerprint density at radius 2 is 1.56 bits per heavy atom. The van der Waals surface area contributed by atoms with E-state index in [1.807, 2.05) is 20.8 Å². The van der Waals surface area contributed by atoms with E-state index in [1.54, 1.807) is 4.90 Å². The number of rotatable bonds is 0. The minimum absolute atomic E-state index is 0.00218. The Labute approximate surface area is 95.6 Å². The van der Waals surface area contributed by atoms with Crippen molar-refractivity contribution in [2.24, 2.45) is 0 Å². The van der Waals surface area contributed by atoms with Gasteiger partial charge in [-0.15, -0.1) is 0 Å². The Morgan fingerprint density at radius 1 is 1.12 bits per heavy atom. The number of morpholine rings is 2. The van der Waals surface area contributed by atoms with Crippen LogP contribution in [0.3, 0.4) is 0 Å². The fourth-order valence-electron chi connectivity index (χ4n) is 2.01. The summed E-state index contributed by atoms with van der Waals surface area (Å²) in [4.78, 5) is 13.8. The molecule has 0 saturated carbocycles. The lowest BCUT2D eigenvalue weighted by Gasteiger charge is -2.45. The topological polar surface area (TPSA) is 48.0 Å². The van der Waals surface area contributed by atoms with Crippen LogP contribution in [0.25, 0.3) is 0 Å². The molecule has 0 radical (unpaired) electrons. The Kier molecular flexibility index (Phi) is 3.08. The van der Waals surface area contributed by atoms with Crippen molar-refractivity contribution in [3.05, 3.63) is 0 Å². The van der Waals surface area contributed by atoms with Crippen molar-refractivity contribution >= 4 is 6.09 Å². The monoisotopic (exact) mass is 229 g/mol. The molecule has 2 aliphatic heterocycles. The smallest absolute Gasteiger partial charge is 0.411 e. The average molecular weight is 229 g/mol. The first kappa shape index (κ1) is 11.7. The van der Waals surface area contributed by atoms with E-state index in [0.717, 1.165) is 0 Å². The van der Waals surface area contributed by atoms with Gasteiger partial charge in [-0.1, -0.05) is 0 Å². The minimum Gasteiger partial charge on any atom is -0.444 e. The molecule has 5 nitrogen and oxygen atoms in total. The lowest BCUT2D eigenvalue weighted by molar-refractivity contribution is -0.132. The van der Waals surface area contributed by atoms with E-state index in [9.17, 15) is 4.79 Å². The van der Waals surface area contributed by atoms with Crippen LogP contribution >= 0.6 is 0 Å². The first-order valence-electron chi connectivity index (χ1n) is 5.64. The molecule has 2 fully saturated rings. The van der Waals surface area contributed by atoms with Gasteiger partial charge in [-0.25, -0.2) is 4.79 Å². The van der Waals surface area contributed by atoms with Crippen LogP contribution in [-0.4, -0.2) is 55.1 Å². The summed E-state index contributed by atoms with van der Waals surface area (Å²) in [6, 6.07) is 0.00435. The molecule has 2 aliphatic rings. The molecule has 16 heavy (non-hydrogen) atoms. The Hall–Kier alpha value is -0.810. The third-order valence-corrected chi connectivity index (χ3v) is 2.63. The van der Waals surface area contributed by atoms with E-state index in [0.29, 0.717) is 26.4 Å². The van der Waals surface area contributed by atoms with Crippen molar-refractivity contribution in [2.75, 3.05) is 26.4 Å². The maximum atomic E-state index is 12.0. The maximum absolute atomic E-state index is 12.0. The van der Waals surface area contributed by atoms with Gasteiger partial charge in [0.1, 0.15) is 5.60 Å². The number of nitrogens with zero attached hydrogens (tertiary/aromatic N) is 1. The molecule has 0 spiro atoms. The van der Waals surface area contributed by atoms with E-state index >= 15 is 0 Å². The van der Waals surface area contributed by atoms with Crippen LogP contribution in [0.4, 0.5) is 4.79 Å². The number of fused-ring (bicyclic) bond motifs is 2. The summed E-state index contributed by atoms with van der Waals surface area (Å²) >= 11 is 0. The fraction of sp³-hybridized carbons (Fsp3) is 0.909. The second-order valence-electron chi connectivity index (χ2n) is 5.27. The van der Waals surface area contributed by atoms with Gasteiger partial charge in [0.15, 0.2) is 0 Å². The number of carbonyl (C=O) groups excluding carboxylic acids is 1. The largest absolute Gasteiger partial charge is 0.444 e. The molecule has 2 bridgehead atoms. The normalized spacial score (nSPS) is 30.1. The lowest BCUT2D eigenvalue weighted by atomic mass is 10.1. The van der Waals surface area contributed by atoms with Gasteiger partial charge >= 0.3 is 6.09 Å². The predicted octanol–water partition coefficient (Wildman–Crippen LogP) is 1.02. The van der Waals surface area contributed by atoms with Crippen LogP contribution in [0.15, 0.2) is 0 Å². The number of amides is 1. The minimum atomic E-state index is -0.454. The van der Waals surface area contributed by atoms with Gasteiger partial charge in [0.2, 0.25) is 0 Å². The maximum Gasteiger partial charge on any atom is 0.411 e. The molecule has 2 saturated heterocycles. The summed E-state index contributed by atoms with van der Waals surface area (Å²) < 4.78 is 16.2. The molecule has 1 amide bonds. The van der Waals surface area contributed by atoms with Crippen molar-refractivity contribution in [1.82, 2.24) is 4.90 Å². The first-order chi connectivity index (χ1) is 7.47. The highest BCUT2D eigenvalue weighted by Gasteiger charge is 2.40. The molecule has 0 aliphatic carbocycles. The molecule has 0 aromatic carbocycles. The molecule has 0 N–H and O–H groups in total. The molecule has 0 atom stereocenters. The first-order valence-corrected chi connectivity index (χ1v) is 5.64. The second kappa shape index (κ2) is 4.22. The van der Waals surface area contributed by atoms with Crippen LogP contribution < -0.4 is 0 Å². The van der Waals surface area contributed by atoms with Crippen molar-refractivity contribution in [3.8, 4) is 0 Å². The van der Waals surface area contributed by atoms with E-state index in [4.69, 9.17) is 14.2 Å². The summed E-state index contributed by atoms with van der Waals surface area (Å²) in [6.07, 6.45) is -0.255. The van der Waals surface area contributed by atoms with Gasteiger partial charge in [-0.05, 0) is 20.8 Å². The quantitative estimate of drug-likeness (QED) is 0.622. The van der Waals surface area contributed by atoms with Crippen molar-refractivity contribution in [3.63, 3.8) is 0 Å². The number of hydrogen-bond donors (Lipinski definition) is 0. The Bertz CT molecular complexity index is 252. The molecule has 2 rings (SSSR count). The van der Waals surface area contributed by atoms with Crippen molar-refractivity contribution in [1.29, 1.82) is 0 Å². The average Bonchev–Trinajstić information content (AvgIpc) is 2.13. The van der Waals surface area contributed by atoms with Gasteiger partial charge in [-0.2, -0.15) is 0 Å². The molecule has 2 heterocycles. The van der Waals surface area contributed by atoms with Crippen molar-refractivity contribution in [2.45, 2.75) is 38.5 Å². The van der Waals surface area contributed by atoms with Gasteiger partial charge in [0.05, 0.1) is 38.5 Å². The molecule has 0 unspecified atom stereocenters. The SMILES string of the molecule is CC(C)(C)OC(=O)N1C2COCC1COC2. The van der Waals surface area contributed by atoms with Gasteiger partial charge in [-0.3, -0.25) is 4.90 Å². The summed E-state index contributed by atoms with van der Waals surface area (Å²) in [5, 5.41) is 0. The zero-order chi connectivity index (χ0) is 11.8. The fourth-order valence-corrected chi connectivity index (χ4v) is 2.01. The third kappa shape index (κ3) is 2.47. The van der Waals surface area contributed by atoms with E-state index in [1.165, 1.54) is 0 Å². The summed E-state index contributed by atoms with van der Waals surface area (Å²) in [7, 11) is 0. The highest BCUT2D eigenvalue weighted by Crippen LogP contribution is 2.22. The summed E-state index contributed by atoms with van der Waals surface area (Å²) in [5.74, 6) is 0. The van der Waals surface area contributed by atoms with Crippen LogP contribution in [-0.2, 0) is 14.2 Å². The van der Waals surface area contributed by atoms with Gasteiger partial charge < -0.3 is 14.2 Å². The summed E-state index contributed by atoms with van der Waals surface area (Å²) in [6.45, 7) is 7.77. The van der Waals surface area contributed by atoms with Crippen LogP contribution in [0, 0.1) is 0 Å². The summed E-state index contributed by atoms with van der Waals surface area (Å²) in [5.41, 5.74) is -0.454. The Morgan fingerprint density at radius 3 is 1.94 bits per heavy atom. The van der Waals surface area contributed by atoms with E-state index in [-0.39, 0.29) is 18.2 Å². The highest BCUT2D eigenvalue weighted by atomic mass is 16.6. The molecular weight excluding hydrogens is 210 g/mol. The van der Waals surface area contributed by atoms with Crippen LogP contribution in [0.2, 0.25) is 0 Å². The van der Waals surface area contributed by atoms with E-state index < -0.39 is 5.60 Å². The highest BCUT2D eigenvalue weighted by molar-refractivity contribution is 5.69. The van der Waals surface area contributed by atoms with E-state index in [2.05, 4.69) is 0 Å². The Balaban J connectivity index is 2.04. The van der Waals surface area contributed by atoms with Crippen molar-refractivity contribution < 1.29 is 19.0 Å². The number of hydrogen-bond acceptors (Lipinski definition) is 4. The second-order valence-corrected chi connectivity index (χ2v) is 5.27. The predicted molar refractivity (Wildman–Crippen MR) is 57.3 cm³/mol. The molecule has 5 heteroatoms. The lowest BCUT2D eigenvalue weighted by Crippen LogP contribution is -2.62. The molecule has 0 aromatic heterocycles. The third-order valence-electron chi connectivity index (χ3n) is 2.63. The zero-order valence-corrected chi connectivity index (χ0v) is 10.1.